The van der Waals surface area contributed by atoms with Crippen LogP contribution in [0.3, 0.4) is 0 Å². The van der Waals surface area contributed by atoms with Crippen molar-refractivity contribution in [1.82, 2.24) is 4.57 Å². The Labute approximate surface area is 220 Å². The average Bonchev–Trinajstić information content (AvgIpc) is 3.16. The molecule has 37 heavy (non-hydrogen) atoms. The first-order chi connectivity index (χ1) is 17.7. The van der Waals surface area contributed by atoms with Crippen LogP contribution in [0.1, 0.15) is 51.8 Å². The lowest BCUT2D eigenvalue weighted by Gasteiger charge is -2.25. The first-order valence-corrected chi connectivity index (χ1v) is 13.1. The summed E-state index contributed by atoms with van der Waals surface area (Å²) in [5, 5.41) is 0. The lowest BCUT2D eigenvalue weighted by Crippen LogP contribution is -2.40. The molecule has 0 bridgehead atoms. The molecule has 0 amide bonds. The number of hydrogen-bond donors (Lipinski definition) is 0. The van der Waals surface area contributed by atoms with Crippen molar-refractivity contribution in [2.24, 2.45) is 10.9 Å². The number of carbonyl (C=O) groups is 1. The molecule has 0 spiro atoms. The van der Waals surface area contributed by atoms with E-state index in [4.69, 9.17) is 14.2 Å². The van der Waals surface area contributed by atoms with Gasteiger partial charge in [-0.05, 0) is 68.2 Å². The maximum atomic E-state index is 13.7. The van der Waals surface area contributed by atoms with E-state index >= 15 is 0 Å². The molecule has 4 rings (SSSR count). The fourth-order valence-electron chi connectivity index (χ4n) is 4.06. The fraction of sp³-hybridized carbons (Fsp3) is 0.345. The number of aromatic nitrogens is 1. The van der Waals surface area contributed by atoms with E-state index in [9.17, 15) is 9.59 Å². The number of esters is 1. The molecule has 0 unspecified atom stereocenters. The minimum Gasteiger partial charge on any atom is -0.497 e. The first kappa shape index (κ1) is 26.4. The summed E-state index contributed by atoms with van der Waals surface area (Å²) < 4.78 is 18.8. The van der Waals surface area contributed by atoms with Crippen LogP contribution in [0.15, 0.2) is 69.6 Å². The van der Waals surface area contributed by atoms with Gasteiger partial charge < -0.3 is 14.2 Å². The summed E-state index contributed by atoms with van der Waals surface area (Å²) in [5.41, 5.74) is 2.25. The standard InChI is InChI=1S/C29H32N2O5S/c1-17(2)16-35-22-12-10-20(11-13-22)14-24-27(32)31-26(21-8-7-9-23(15-21)34-6)25(28(33)36-18(3)4)19(5)30-29(31)37-24/h7-15,17-18,26H,16H2,1-6H3/b24-14-/t26-/m1/s1. The summed E-state index contributed by atoms with van der Waals surface area (Å²) in [6.45, 7) is 10.2. The van der Waals surface area contributed by atoms with Crippen molar-refractivity contribution in [3.8, 4) is 11.5 Å². The molecule has 2 heterocycles. The van der Waals surface area contributed by atoms with Gasteiger partial charge in [-0.25, -0.2) is 9.79 Å². The molecule has 1 aliphatic rings. The number of nitrogens with zero attached hydrogens (tertiary/aromatic N) is 2. The molecule has 1 aromatic heterocycles. The van der Waals surface area contributed by atoms with E-state index in [1.54, 1.807) is 32.4 Å². The van der Waals surface area contributed by atoms with Gasteiger partial charge in [0.2, 0.25) is 0 Å². The van der Waals surface area contributed by atoms with E-state index < -0.39 is 12.0 Å². The zero-order valence-corrected chi connectivity index (χ0v) is 22.8. The van der Waals surface area contributed by atoms with Crippen LogP contribution in [0, 0.1) is 5.92 Å². The van der Waals surface area contributed by atoms with Crippen molar-refractivity contribution in [3.05, 3.63) is 90.6 Å². The Morgan fingerprint density at radius 1 is 1.11 bits per heavy atom. The molecule has 0 aliphatic carbocycles. The molecule has 194 valence electrons. The normalized spacial score (nSPS) is 15.6. The van der Waals surface area contributed by atoms with Crippen LogP contribution in [-0.4, -0.2) is 30.4 Å². The van der Waals surface area contributed by atoms with Gasteiger partial charge in [-0.15, -0.1) is 0 Å². The predicted octanol–water partition coefficient (Wildman–Crippen LogP) is 4.23. The van der Waals surface area contributed by atoms with Crippen molar-refractivity contribution in [2.45, 2.75) is 46.8 Å². The highest BCUT2D eigenvalue weighted by atomic mass is 32.1. The van der Waals surface area contributed by atoms with Gasteiger partial charge in [0.25, 0.3) is 5.56 Å². The van der Waals surface area contributed by atoms with Crippen molar-refractivity contribution in [3.63, 3.8) is 0 Å². The van der Waals surface area contributed by atoms with Crippen LogP contribution >= 0.6 is 11.3 Å². The van der Waals surface area contributed by atoms with Gasteiger partial charge in [-0.1, -0.05) is 49.4 Å². The smallest absolute Gasteiger partial charge is 0.338 e. The number of hydrogen-bond acceptors (Lipinski definition) is 7. The number of rotatable bonds is 8. The minimum atomic E-state index is -0.688. The molecular formula is C29H32N2O5S. The van der Waals surface area contributed by atoms with E-state index in [-0.39, 0.29) is 11.7 Å². The van der Waals surface area contributed by atoms with E-state index in [0.29, 0.717) is 38.9 Å². The molecule has 7 nitrogen and oxygen atoms in total. The molecule has 0 saturated carbocycles. The number of thiazole rings is 1. The molecule has 0 radical (unpaired) electrons. The second-order valence-electron chi connectivity index (χ2n) is 9.59. The van der Waals surface area contributed by atoms with Gasteiger partial charge in [0.15, 0.2) is 4.80 Å². The van der Waals surface area contributed by atoms with Crippen molar-refractivity contribution >= 4 is 23.4 Å². The summed E-state index contributed by atoms with van der Waals surface area (Å²) in [5.74, 6) is 1.36. The Hall–Kier alpha value is -3.65. The molecule has 2 aromatic carbocycles. The highest BCUT2D eigenvalue weighted by molar-refractivity contribution is 7.07. The summed E-state index contributed by atoms with van der Waals surface area (Å²) in [6, 6.07) is 14.3. The van der Waals surface area contributed by atoms with Crippen LogP contribution in [-0.2, 0) is 9.53 Å². The molecule has 8 heteroatoms. The Morgan fingerprint density at radius 3 is 2.49 bits per heavy atom. The van der Waals surface area contributed by atoms with Gasteiger partial charge >= 0.3 is 5.97 Å². The lowest BCUT2D eigenvalue weighted by molar-refractivity contribution is -0.143. The highest BCUT2D eigenvalue weighted by Crippen LogP contribution is 2.32. The topological polar surface area (TPSA) is 79.1 Å². The second-order valence-corrected chi connectivity index (χ2v) is 10.6. The van der Waals surface area contributed by atoms with Crippen LogP contribution in [0.25, 0.3) is 6.08 Å². The van der Waals surface area contributed by atoms with Gasteiger partial charge in [0.1, 0.15) is 11.5 Å². The number of methoxy groups -OCH3 is 1. The number of benzene rings is 2. The maximum absolute atomic E-state index is 13.7. The van der Waals surface area contributed by atoms with E-state index in [1.165, 1.54) is 11.3 Å². The summed E-state index contributed by atoms with van der Waals surface area (Å²) in [7, 11) is 1.58. The third-order valence-corrected chi connectivity index (χ3v) is 6.74. The van der Waals surface area contributed by atoms with E-state index in [0.717, 1.165) is 16.9 Å². The number of allylic oxidation sites excluding steroid dienone is 1. The zero-order chi connectivity index (χ0) is 26.7. The maximum Gasteiger partial charge on any atom is 0.338 e. The highest BCUT2D eigenvalue weighted by Gasteiger charge is 2.34. The number of ether oxygens (including phenoxy) is 3. The largest absolute Gasteiger partial charge is 0.497 e. The Bertz CT molecular complexity index is 1500. The minimum absolute atomic E-state index is 0.223. The molecular weight excluding hydrogens is 488 g/mol. The predicted molar refractivity (Wildman–Crippen MR) is 145 cm³/mol. The molecule has 0 saturated heterocycles. The van der Waals surface area contributed by atoms with Gasteiger partial charge in [-0.2, -0.15) is 0 Å². The number of fused-ring (bicyclic) bond motifs is 1. The Kier molecular flexibility index (Phi) is 7.97. The third kappa shape index (κ3) is 5.85. The molecule has 0 N–H and O–H groups in total. The van der Waals surface area contributed by atoms with Crippen LogP contribution in [0.2, 0.25) is 0 Å². The lowest BCUT2D eigenvalue weighted by atomic mass is 9.95. The molecule has 1 atom stereocenters. The van der Waals surface area contributed by atoms with Gasteiger partial charge in [0.05, 0.1) is 41.7 Å². The van der Waals surface area contributed by atoms with Crippen molar-refractivity contribution in [1.29, 1.82) is 0 Å². The van der Waals surface area contributed by atoms with Crippen LogP contribution < -0.4 is 24.4 Å². The Balaban J connectivity index is 1.82. The SMILES string of the molecule is COc1cccc([C@@H]2C(C(=O)OC(C)C)=C(C)N=c3s/c(=C\c4ccc(OCC(C)C)cc4)c(=O)n32)c1. The summed E-state index contributed by atoms with van der Waals surface area (Å²) in [6.07, 6.45) is 1.53. The van der Waals surface area contributed by atoms with Gasteiger partial charge in [0, 0.05) is 0 Å². The van der Waals surface area contributed by atoms with Crippen molar-refractivity contribution in [2.75, 3.05) is 13.7 Å². The quantitative estimate of drug-likeness (QED) is 0.416. The third-order valence-electron chi connectivity index (χ3n) is 5.76. The fourth-order valence-corrected chi connectivity index (χ4v) is 5.11. The Morgan fingerprint density at radius 2 is 1.84 bits per heavy atom. The average molecular weight is 521 g/mol. The van der Waals surface area contributed by atoms with E-state index in [2.05, 4.69) is 18.8 Å². The molecule has 3 aromatic rings. The van der Waals surface area contributed by atoms with Crippen LogP contribution in [0.5, 0.6) is 11.5 Å². The molecule has 0 fully saturated rings. The monoisotopic (exact) mass is 520 g/mol. The molecule has 1 aliphatic heterocycles. The second kappa shape index (κ2) is 11.2. The van der Waals surface area contributed by atoms with Gasteiger partial charge in [-0.3, -0.25) is 9.36 Å². The summed E-state index contributed by atoms with van der Waals surface area (Å²) in [4.78, 5) is 32.1. The van der Waals surface area contributed by atoms with Crippen molar-refractivity contribution < 1.29 is 19.0 Å². The van der Waals surface area contributed by atoms with Crippen LogP contribution in [0.4, 0.5) is 0 Å². The number of carbonyl (C=O) groups excluding carboxylic acids is 1. The summed E-state index contributed by atoms with van der Waals surface area (Å²) >= 11 is 1.29. The zero-order valence-electron chi connectivity index (χ0n) is 22.0. The van der Waals surface area contributed by atoms with E-state index in [1.807, 2.05) is 54.6 Å². The first-order valence-electron chi connectivity index (χ1n) is 12.3.